The lowest BCUT2D eigenvalue weighted by Crippen LogP contribution is -2.50. The van der Waals surface area contributed by atoms with Gasteiger partial charge >= 0.3 is 0 Å². The third-order valence-corrected chi connectivity index (χ3v) is 4.03. The van der Waals surface area contributed by atoms with Gasteiger partial charge in [-0.25, -0.2) is 0 Å². The summed E-state index contributed by atoms with van der Waals surface area (Å²) in [4.78, 5) is 0. The molecule has 1 rings (SSSR count). The van der Waals surface area contributed by atoms with Gasteiger partial charge in [-0.3, -0.25) is 4.48 Å². The Hall–Kier alpha value is -0.860. The van der Waals surface area contributed by atoms with Crippen molar-refractivity contribution in [1.82, 2.24) is 4.48 Å². The molecule has 0 bridgehead atoms. The summed E-state index contributed by atoms with van der Waals surface area (Å²) >= 11 is 0. The molecule has 2 nitrogen and oxygen atoms in total. The van der Waals surface area contributed by atoms with Gasteiger partial charge in [-0.2, -0.15) is 0 Å². The number of hydrogen-bond donors (Lipinski definition) is 0. The summed E-state index contributed by atoms with van der Waals surface area (Å²) in [6.45, 7) is 12.8. The van der Waals surface area contributed by atoms with Gasteiger partial charge < -0.3 is 5.48 Å². The number of quaternary nitrogens is 1. The second-order valence-electron chi connectivity index (χ2n) is 4.99. The van der Waals surface area contributed by atoms with Gasteiger partial charge in [-0.15, -0.1) is 0 Å². The van der Waals surface area contributed by atoms with Crippen LogP contribution in [0.5, 0.6) is 0 Å². The first-order valence-electron chi connectivity index (χ1n) is 7.12. The highest BCUT2D eigenvalue weighted by Crippen LogP contribution is 2.27. The molecule has 0 aliphatic carbocycles. The highest BCUT2D eigenvalue weighted by molar-refractivity contribution is 5.49. The first-order valence-corrected chi connectivity index (χ1v) is 7.12. The van der Waals surface area contributed by atoms with Crippen molar-refractivity contribution in [3.05, 3.63) is 29.8 Å². The summed E-state index contributed by atoms with van der Waals surface area (Å²) in [6.07, 6.45) is 4.00. The number of unbranched alkanes of at least 4 members (excludes halogenated alkanes) is 2. The topological polar surface area (TPSA) is 30.0 Å². The Balaban J connectivity index is 0.00000289. The molecular weight excluding hydrogens is 222 g/mol. The van der Waals surface area contributed by atoms with Crippen LogP contribution in [-0.4, -0.2) is 25.1 Å². The molecule has 0 heterocycles. The van der Waals surface area contributed by atoms with E-state index in [0.717, 1.165) is 4.48 Å². The Bertz CT molecular complexity index is 332. The minimum Gasteiger partial charge on any atom is -0.870 e. The van der Waals surface area contributed by atoms with Crippen molar-refractivity contribution in [2.75, 3.05) is 19.6 Å². The maximum absolute atomic E-state index is 2.32. The Morgan fingerprint density at radius 1 is 0.944 bits per heavy atom. The maximum Gasteiger partial charge on any atom is 0.135 e. The molecule has 2 heteroatoms. The third kappa shape index (κ3) is 3.82. The fraction of sp³-hybridized carbons (Fsp3) is 0.625. The van der Waals surface area contributed by atoms with Crippen LogP contribution < -0.4 is 4.48 Å². The molecule has 0 aliphatic heterocycles. The van der Waals surface area contributed by atoms with Crippen LogP contribution in [0.2, 0.25) is 0 Å². The summed E-state index contributed by atoms with van der Waals surface area (Å²) in [5.74, 6) is 0. The molecule has 104 valence electrons. The van der Waals surface area contributed by atoms with E-state index in [4.69, 9.17) is 0 Å². The van der Waals surface area contributed by atoms with Crippen molar-refractivity contribution in [2.45, 2.75) is 47.0 Å². The Morgan fingerprint density at radius 2 is 1.56 bits per heavy atom. The van der Waals surface area contributed by atoms with E-state index in [2.05, 4.69) is 52.0 Å². The predicted octanol–water partition coefficient (Wildman–Crippen LogP) is 4.36. The lowest BCUT2D eigenvalue weighted by molar-refractivity contribution is 0.291. The van der Waals surface area contributed by atoms with Crippen LogP contribution in [0.3, 0.4) is 0 Å². The number of nitrogens with zero attached hydrogens (tertiary/aromatic N) is 1. The van der Waals surface area contributed by atoms with Crippen LogP contribution in [0.1, 0.15) is 45.6 Å². The van der Waals surface area contributed by atoms with E-state index < -0.39 is 0 Å². The molecule has 0 amide bonds. The molecule has 1 aromatic carbocycles. The quantitative estimate of drug-likeness (QED) is 0.523. The average Bonchev–Trinajstić information content (AvgIpc) is 2.36. The van der Waals surface area contributed by atoms with E-state index >= 15 is 0 Å². The molecular formula is C16H29NO. The van der Waals surface area contributed by atoms with Crippen molar-refractivity contribution < 1.29 is 5.48 Å². The lowest BCUT2D eigenvalue weighted by atomic mass is 10.1. The van der Waals surface area contributed by atoms with E-state index in [9.17, 15) is 0 Å². The SMILES string of the molecule is CCCCC[N+](CC)(CC)c1ccccc1C.[OH-]. The van der Waals surface area contributed by atoms with Gasteiger partial charge in [-0.05, 0) is 39.7 Å². The Morgan fingerprint density at radius 3 is 2.06 bits per heavy atom. The van der Waals surface area contributed by atoms with E-state index in [1.807, 2.05) is 0 Å². The van der Waals surface area contributed by atoms with Crippen LogP contribution in [0.25, 0.3) is 0 Å². The van der Waals surface area contributed by atoms with Crippen molar-refractivity contribution in [1.29, 1.82) is 0 Å². The molecule has 0 saturated carbocycles. The second-order valence-corrected chi connectivity index (χ2v) is 4.99. The minimum atomic E-state index is 0. The number of aryl methyl sites for hydroxylation is 1. The standard InChI is InChI=1S/C16H28N.H2O/c1-5-8-11-14-17(6-2,7-3)16-13-10-9-12-15(16)4;/h9-10,12-13H,5-8,11,14H2,1-4H3;1H2/q+1;/p-1. The number of rotatable bonds is 7. The average molecular weight is 251 g/mol. The van der Waals surface area contributed by atoms with Gasteiger partial charge in [-0.1, -0.05) is 31.5 Å². The largest absolute Gasteiger partial charge is 0.870 e. The summed E-state index contributed by atoms with van der Waals surface area (Å²) in [7, 11) is 0. The fourth-order valence-corrected chi connectivity index (χ4v) is 2.76. The lowest BCUT2D eigenvalue weighted by Gasteiger charge is -2.37. The van der Waals surface area contributed by atoms with E-state index in [1.54, 1.807) is 0 Å². The first-order chi connectivity index (χ1) is 8.20. The van der Waals surface area contributed by atoms with Crippen LogP contribution in [0, 0.1) is 6.92 Å². The van der Waals surface area contributed by atoms with Crippen LogP contribution in [0.4, 0.5) is 5.69 Å². The molecule has 0 unspecified atom stereocenters. The molecule has 0 spiro atoms. The predicted molar refractivity (Wildman–Crippen MR) is 80.4 cm³/mol. The van der Waals surface area contributed by atoms with Gasteiger partial charge in [0.2, 0.25) is 0 Å². The first kappa shape index (κ1) is 17.1. The third-order valence-electron chi connectivity index (χ3n) is 4.03. The summed E-state index contributed by atoms with van der Waals surface area (Å²) in [5.41, 5.74) is 2.96. The van der Waals surface area contributed by atoms with E-state index in [-0.39, 0.29) is 5.48 Å². The molecule has 18 heavy (non-hydrogen) atoms. The fourth-order valence-electron chi connectivity index (χ4n) is 2.76. The summed E-state index contributed by atoms with van der Waals surface area (Å²) in [5, 5.41) is 0. The summed E-state index contributed by atoms with van der Waals surface area (Å²) < 4.78 is 1.15. The van der Waals surface area contributed by atoms with Crippen LogP contribution >= 0.6 is 0 Å². The number of benzene rings is 1. The normalized spacial score (nSPS) is 11.1. The van der Waals surface area contributed by atoms with Crippen molar-refractivity contribution >= 4 is 5.69 Å². The maximum atomic E-state index is 2.32. The van der Waals surface area contributed by atoms with E-state index in [1.165, 1.54) is 50.1 Å². The van der Waals surface area contributed by atoms with Crippen LogP contribution in [-0.2, 0) is 0 Å². The van der Waals surface area contributed by atoms with Crippen molar-refractivity contribution in [3.63, 3.8) is 0 Å². The minimum absolute atomic E-state index is 0. The highest BCUT2D eigenvalue weighted by atomic mass is 16.0. The zero-order valence-electron chi connectivity index (χ0n) is 12.4. The number of para-hydroxylation sites is 1. The monoisotopic (exact) mass is 251 g/mol. The Labute approximate surface area is 113 Å². The van der Waals surface area contributed by atoms with Gasteiger partial charge in [0, 0.05) is 5.56 Å². The van der Waals surface area contributed by atoms with Crippen molar-refractivity contribution in [3.8, 4) is 0 Å². The van der Waals surface area contributed by atoms with Gasteiger partial charge in [0.15, 0.2) is 0 Å². The van der Waals surface area contributed by atoms with Crippen molar-refractivity contribution in [2.24, 2.45) is 0 Å². The molecule has 0 fully saturated rings. The smallest absolute Gasteiger partial charge is 0.135 e. The molecule has 0 atom stereocenters. The Kier molecular flexibility index (Phi) is 7.88. The molecule has 1 aromatic rings. The summed E-state index contributed by atoms with van der Waals surface area (Å²) in [6, 6.07) is 8.88. The molecule has 0 aromatic heterocycles. The molecule has 0 saturated heterocycles. The molecule has 1 N–H and O–H groups in total. The van der Waals surface area contributed by atoms with Crippen LogP contribution in [0.15, 0.2) is 24.3 Å². The molecule has 0 aliphatic rings. The van der Waals surface area contributed by atoms with E-state index in [0.29, 0.717) is 0 Å². The number of hydrogen-bond acceptors (Lipinski definition) is 1. The van der Waals surface area contributed by atoms with Gasteiger partial charge in [0.05, 0.1) is 19.6 Å². The molecule has 0 radical (unpaired) electrons. The highest BCUT2D eigenvalue weighted by Gasteiger charge is 2.27. The van der Waals surface area contributed by atoms with Gasteiger partial charge in [0.25, 0.3) is 0 Å². The van der Waals surface area contributed by atoms with Gasteiger partial charge in [0.1, 0.15) is 5.69 Å². The zero-order chi connectivity index (χ0) is 12.7. The zero-order valence-corrected chi connectivity index (χ0v) is 12.4. The second kappa shape index (κ2) is 8.28.